The molecule has 0 spiro atoms. The van der Waals surface area contributed by atoms with E-state index in [0.717, 1.165) is 32.3 Å². The highest BCUT2D eigenvalue weighted by Gasteiger charge is 2.34. The summed E-state index contributed by atoms with van der Waals surface area (Å²) < 4.78 is 5.52. The zero-order valence-corrected chi connectivity index (χ0v) is 10.4. The van der Waals surface area contributed by atoms with Gasteiger partial charge in [-0.05, 0) is 32.1 Å². The van der Waals surface area contributed by atoms with Gasteiger partial charge in [-0.2, -0.15) is 0 Å². The van der Waals surface area contributed by atoms with E-state index in [-0.39, 0.29) is 12.1 Å². The standard InChI is InChI=1S/C12H20N2O4/c15-11(16)10-5-3-6-14(10)12(17)13-8-9-4-1-2-7-18-9/h9-10H,1-8H2,(H,13,17)(H,15,16)/t9?,10-/m1/s1. The minimum Gasteiger partial charge on any atom is -0.480 e. The molecule has 2 fully saturated rings. The third kappa shape index (κ3) is 3.13. The Morgan fingerprint density at radius 1 is 1.28 bits per heavy atom. The molecule has 2 saturated heterocycles. The SMILES string of the molecule is O=C(O)[C@H]1CCCN1C(=O)NCC1CCCCO1. The number of amides is 2. The minimum atomic E-state index is -0.920. The van der Waals surface area contributed by atoms with E-state index < -0.39 is 12.0 Å². The van der Waals surface area contributed by atoms with E-state index in [1.54, 1.807) is 0 Å². The smallest absolute Gasteiger partial charge is 0.326 e. The average molecular weight is 256 g/mol. The van der Waals surface area contributed by atoms with Crippen LogP contribution in [0.2, 0.25) is 0 Å². The number of urea groups is 1. The van der Waals surface area contributed by atoms with Gasteiger partial charge in [0, 0.05) is 19.7 Å². The van der Waals surface area contributed by atoms with E-state index in [1.165, 1.54) is 4.90 Å². The third-order valence-electron chi connectivity index (χ3n) is 3.55. The highest BCUT2D eigenvalue weighted by Crippen LogP contribution is 2.17. The van der Waals surface area contributed by atoms with Crippen LogP contribution in [0.4, 0.5) is 4.79 Å². The van der Waals surface area contributed by atoms with Crippen molar-refractivity contribution in [3.05, 3.63) is 0 Å². The molecule has 0 aromatic carbocycles. The number of aliphatic carboxylic acids is 1. The van der Waals surface area contributed by atoms with Gasteiger partial charge in [0.2, 0.25) is 0 Å². The van der Waals surface area contributed by atoms with Gasteiger partial charge in [-0.3, -0.25) is 0 Å². The fourth-order valence-electron chi connectivity index (χ4n) is 2.54. The van der Waals surface area contributed by atoms with Crippen molar-refractivity contribution in [2.45, 2.75) is 44.2 Å². The van der Waals surface area contributed by atoms with Crippen molar-refractivity contribution in [1.82, 2.24) is 10.2 Å². The molecule has 2 N–H and O–H groups in total. The van der Waals surface area contributed by atoms with Crippen LogP contribution in [0.1, 0.15) is 32.1 Å². The molecule has 2 aliphatic heterocycles. The van der Waals surface area contributed by atoms with E-state index >= 15 is 0 Å². The van der Waals surface area contributed by atoms with Crippen LogP contribution in [-0.4, -0.2) is 53.8 Å². The molecule has 2 rings (SSSR count). The molecule has 18 heavy (non-hydrogen) atoms. The molecule has 6 nitrogen and oxygen atoms in total. The molecule has 0 radical (unpaired) electrons. The second kappa shape index (κ2) is 6.04. The lowest BCUT2D eigenvalue weighted by Gasteiger charge is -2.26. The Bertz CT molecular complexity index is 315. The fourth-order valence-corrected chi connectivity index (χ4v) is 2.54. The van der Waals surface area contributed by atoms with Crippen molar-refractivity contribution in [3.8, 4) is 0 Å². The molecular formula is C12H20N2O4. The second-order valence-corrected chi connectivity index (χ2v) is 4.86. The number of hydrogen-bond donors (Lipinski definition) is 2. The summed E-state index contributed by atoms with van der Waals surface area (Å²) in [5.74, 6) is -0.920. The van der Waals surface area contributed by atoms with Gasteiger partial charge < -0.3 is 20.1 Å². The highest BCUT2D eigenvalue weighted by molar-refractivity contribution is 5.83. The molecular weight excluding hydrogens is 236 g/mol. The molecule has 2 heterocycles. The van der Waals surface area contributed by atoms with Crippen molar-refractivity contribution in [1.29, 1.82) is 0 Å². The van der Waals surface area contributed by atoms with Crippen LogP contribution in [0, 0.1) is 0 Å². The van der Waals surface area contributed by atoms with Gasteiger partial charge in [0.05, 0.1) is 6.10 Å². The summed E-state index contributed by atoms with van der Waals surface area (Å²) in [6, 6.07) is -0.952. The summed E-state index contributed by atoms with van der Waals surface area (Å²) in [7, 11) is 0. The number of likely N-dealkylation sites (tertiary alicyclic amines) is 1. The van der Waals surface area contributed by atoms with Gasteiger partial charge in [-0.15, -0.1) is 0 Å². The van der Waals surface area contributed by atoms with Gasteiger partial charge in [0.1, 0.15) is 6.04 Å². The summed E-state index contributed by atoms with van der Waals surface area (Å²) in [6.45, 7) is 1.75. The maximum atomic E-state index is 11.9. The molecule has 2 aliphatic rings. The topological polar surface area (TPSA) is 78.9 Å². The number of nitrogens with one attached hydrogen (secondary N) is 1. The van der Waals surface area contributed by atoms with Gasteiger partial charge >= 0.3 is 12.0 Å². The van der Waals surface area contributed by atoms with Gasteiger partial charge in [-0.1, -0.05) is 0 Å². The number of ether oxygens (including phenoxy) is 1. The van der Waals surface area contributed by atoms with Crippen LogP contribution in [0.5, 0.6) is 0 Å². The van der Waals surface area contributed by atoms with Crippen LogP contribution in [0.15, 0.2) is 0 Å². The van der Waals surface area contributed by atoms with Crippen molar-refractivity contribution in [3.63, 3.8) is 0 Å². The lowest BCUT2D eigenvalue weighted by molar-refractivity contribution is -0.141. The number of carbonyl (C=O) groups is 2. The van der Waals surface area contributed by atoms with Crippen LogP contribution >= 0.6 is 0 Å². The largest absolute Gasteiger partial charge is 0.480 e. The summed E-state index contributed by atoms with van der Waals surface area (Å²) in [6.07, 6.45) is 4.54. The first kappa shape index (κ1) is 13.1. The molecule has 2 amide bonds. The molecule has 0 saturated carbocycles. The lowest BCUT2D eigenvalue weighted by atomic mass is 10.1. The maximum Gasteiger partial charge on any atom is 0.326 e. The number of rotatable bonds is 3. The van der Waals surface area contributed by atoms with E-state index in [1.807, 2.05) is 0 Å². The average Bonchev–Trinajstić information content (AvgIpc) is 2.86. The molecule has 0 aromatic heterocycles. The quantitative estimate of drug-likeness (QED) is 0.783. The van der Waals surface area contributed by atoms with Gasteiger partial charge in [0.25, 0.3) is 0 Å². The van der Waals surface area contributed by atoms with Crippen LogP contribution < -0.4 is 5.32 Å². The molecule has 0 aromatic rings. The van der Waals surface area contributed by atoms with E-state index in [9.17, 15) is 9.59 Å². The lowest BCUT2D eigenvalue weighted by Crippen LogP contribution is -2.48. The molecule has 6 heteroatoms. The fraction of sp³-hybridized carbons (Fsp3) is 0.833. The van der Waals surface area contributed by atoms with E-state index in [2.05, 4.69) is 5.32 Å². The van der Waals surface area contributed by atoms with E-state index in [0.29, 0.717) is 19.5 Å². The normalized spacial score (nSPS) is 28.1. The Hall–Kier alpha value is -1.30. The summed E-state index contributed by atoms with van der Waals surface area (Å²) >= 11 is 0. The molecule has 0 aliphatic carbocycles. The Balaban J connectivity index is 1.78. The number of hydrogen-bond acceptors (Lipinski definition) is 3. The zero-order valence-electron chi connectivity index (χ0n) is 10.4. The number of carbonyl (C=O) groups excluding carboxylic acids is 1. The molecule has 0 bridgehead atoms. The van der Waals surface area contributed by atoms with Gasteiger partial charge in [0.15, 0.2) is 0 Å². The second-order valence-electron chi connectivity index (χ2n) is 4.86. The zero-order chi connectivity index (χ0) is 13.0. The first-order valence-electron chi connectivity index (χ1n) is 6.57. The van der Waals surface area contributed by atoms with Gasteiger partial charge in [-0.25, -0.2) is 9.59 Å². The first-order valence-corrected chi connectivity index (χ1v) is 6.57. The molecule has 102 valence electrons. The minimum absolute atomic E-state index is 0.0774. The third-order valence-corrected chi connectivity index (χ3v) is 3.55. The first-order chi connectivity index (χ1) is 8.68. The maximum absolute atomic E-state index is 11.9. The Kier molecular flexibility index (Phi) is 4.41. The van der Waals surface area contributed by atoms with Crippen molar-refractivity contribution in [2.24, 2.45) is 0 Å². The van der Waals surface area contributed by atoms with Crippen molar-refractivity contribution in [2.75, 3.05) is 19.7 Å². The summed E-state index contributed by atoms with van der Waals surface area (Å²) in [4.78, 5) is 24.3. The highest BCUT2D eigenvalue weighted by atomic mass is 16.5. The summed E-state index contributed by atoms with van der Waals surface area (Å²) in [5.41, 5.74) is 0. The Morgan fingerprint density at radius 2 is 2.11 bits per heavy atom. The number of carboxylic acids is 1. The van der Waals surface area contributed by atoms with Crippen molar-refractivity contribution >= 4 is 12.0 Å². The predicted octanol–water partition coefficient (Wildman–Crippen LogP) is 0.814. The number of nitrogens with zero attached hydrogens (tertiary/aromatic N) is 1. The number of carboxylic acid groups (broad SMARTS) is 1. The van der Waals surface area contributed by atoms with E-state index in [4.69, 9.17) is 9.84 Å². The van der Waals surface area contributed by atoms with Crippen LogP contribution in [0.3, 0.4) is 0 Å². The summed E-state index contributed by atoms with van der Waals surface area (Å²) in [5, 5.41) is 11.8. The molecule has 2 atom stereocenters. The van der Waals surface area contributed by atoms with Crippen LogP contribution in [-0.2, 0) is 9.53 Å². The molecule has 1 unspecified atom stereocenters. The Labute approximate surface area is 106 Å². The monoisotopic (exact) mass is 256 g/mol. The predicted molar refractivity (Wildman–Crippen MR) is 64.4 cm³/mol. The van der Waals surface area contributed by atoms with Crippen molar-refractivity contribution < 1.29 is 19.4 Å². The van der Waals surface area contributed by atoms with Crippen LogP contribution in [0.25, 0.3) is 0 Å². The Morgan fingerprint density at radius 3 is 2.78 bits per heavy atom.